The number of hydrogen-bond donors (Lipinski definition) is 1. The smallest absolute Gasteiger partial charge is 0.131 e. The molecule has 100 valence electrons. The normalized spacial score (nSPS) is 38.9. The van der Waals surface area contributed by atoms with Crippen LogP contribution in [0, 0.1) is 28.1 Å². The van der Waals surface area contributed by atoms with Crippen LogP contribution in [0.15, 0.2) is 30.3 Å². The highest BCUT2D eigenvalue weighted by Crippen LogP contribution is 2.70. The van der Waals surface area contributed by atoms with Crippen LogP contribution in [0.25, 0.3) is 0 Å². The third-order valence-electron chi connectivity index (χ3n) is 6.25. The molecular weight excluding hydrogens is 232 g/mol. The first-order valence-electron chi connectivity index (χ1n) is 7.20. The van der Waals surface area contributed by atoms with Crippen molar-refractivity contribution in [2.45, 2.75) is 45.6 Å². The fourth-order valence-corrected chi connectivity index (χ4v) is 4.47. The number of fused-ring (bicyclic) bond motifs is 2. The summed E-state index contributed by atoms with van der Waals surface area (Å²) in [6.45, 7) is 6.99. The molecule has 0 radical (unpaired) electrons. The van der Waals surface area contributed by atoms with Gasteiger partial charge in [-0.2, -0.15) is 5.26 Å². The van der Waals surface area contributed by atoms with E-state index in [1.165, 1.54) is 6.42 Å². The zero-order chi connectivity index (χ0) is 13.7. The summed E-state index contributed by atoms with van der Waals surface area (Å²) in [5.74, 6) is 0.661. The van der Waals surface area contributed by atoms with Gasteiger partial charge in [0, 0.05) is 11.1 Å². The zero-order valence-corrected chi connectivity index (χ0v) is 12.0. The highest BCUT2D eigenvalue weighted by atomic mass is 15.0. The molecule has 19 heavy (non-hydrogen) atoms. The van der Waals surface area contributed by atoms with Crippen LogP contribution in [-0.4, -0.2) is 5.54 Å². The van der Waals surface area contributed by atoms with E-state index in [-0.39, 0.29) is 10.8 Å². The van der Waals surface area contributed by atoms with Crippen LogP contribution in [0.3, 0.4) is 0 Å². The number of para-hydroxylation sites is 1. The van der Waals surface area contributed by atoms with Gasteiger partial charge in [-0.1, -0.05) is 39.0 Å². The van der Waals surface area contributed by atoms with Gasteiger partial charge in [0.15, 0.2) is 0 Å². The van der Waals surface area contributed by atoms with Crippen LogP contribution >= 0.6 is 0 Å². The molecule has 0 saturated heterocycles. The summed E-state index contributed by atoms with van der Waals surface area (Å²) < 4.78 is 0. The van der Waals surface area contributed by atoms with Gasteiger partial charge in [-0.3, -0.25) is 0 Å². The maximum absolute atomic E-state index is 9.88. The minimum absolute atomic E-state index is 0.0509. The van der Waals surface area contributed by atoms with E-state index in [1.54, 1.807) is 0 Å². The molecule has 0 aromatic heterocycles. The van der Waals surface area contributed by atoms with Crippen molar-refractivity contribution in [1.29, 1.82) is 5.26 Å². The van der Waals surface area contributed by atoms with Crippen LogP contribution in [0.5, 0.6) is 0 Å². The molecule has 0 aliphatic heterocycles. The molecule has 2 nitrogen and oxygen atoms in total. The van der Waals surface area contributed by atoms with Crippen molar-refractivity contribution in [1.82, 2.24) is 0 Å². The molecule has 2 heteroatoms. The molecular formula is C17H22N2. The van der Waals surface area contributed by atoms with E-state index >= 15 is 0 Å². The van der Waals surface area contributed by atoms with Crippen molar-refractivity contribution in [3.05, 3.63) is 30.3 Å². The van der Waals surface area contributed by atoms with E-state index < -0.39 is 5.54 Å². The molecule has 2 aliphatic carbocycles. The van der Waals surface area contributed by atoms with Crippen LogP contribution in [0.1, 0.15) is 40.0 Å². The van der Waals surface area contributed by atoms with Gasteiger partial charge in [0.25, 0.3) is 0 Å². The first-order chi connectivity index (χ1) is 8.95. The van der Waals surface area contributed by atoms with Gasteiger partial charge < -0.3 is 5.32 Å². The predicted octanol–water partition coefficient (Wildman–Crippen LogP) is 4.21. The highest BCUT2D eigenvalue weighted by Gasteiger charge is 2.69. The largest absolute Gasteiger partial charge is 0.367 e. The summed E-state index contributed by atoms with van der Waals surface area (Å²) in [4.78, 5) is 0. The molecule has 1 aromatic carbocycles. The monoisotopic (exact) mass is 254 g/mol. The zero-order valence-electron chi connectivity index (χ0n) is 12.0. The number of benzene rings is 1. The van der Waals surface area contributed by atoms with E-state index in [0.29, 0.717) is 5.92 Å². The minimum Gasteiger partial charge on any atom is -0.367 e. The fraction of sp³-hybridized carbons (Fsp3) is 0.588. The molecule has 1 aromatic rings. The van der Waals surface area contributed by atoms with Crippen molar-refractivity contribution in [2.75, 3.05) is 5.32 Å². The minimum atomic E-state index is -0.416. The number of nitrogens with zero attached hydrogens (tertiary/aromatic N) is 1. The van der Waals surface area contributed by atoms with E-state index in [9.17, 15) is 5.26 Å². The molecule has 2 aliphatic rings. The lowest BCUT2D eigenvalue weighted by Gasteiger charge is -2.45. The average Bonchev–Trinajstić information content (AvgIpc) is 2.72. The number of nitrogens with one attached hydrogen (secondary N) is 1. The Morgan fingerprint density at radius 1 is 1.21 bits per heavy atom. The average molecular weight is 254 g/mol. The van der Waals surface area contributed by atoms with E-state index in [4.69, 9.17) is 0 Å². The van der Waals surface area contributed by atoms with E-state index in [1.807, 2.05) is 18.2 Å². The molecule has 0 spiro atoms. The van der Waals surface area contributed by atoms with Gasteiger partial charge >= 0.3 is 0 Å². The van der Waals surface area contributed by atoms with Crippen molar-refractivity contribution in [3.63, 3.8) is 0 Å². The third kappa shape index (κ3) is 1.42. The van der Waals surface area contributed by atoms with Gasteiger partial charge in [-0.05, 0) is 42.7 Å². The van der Waals surface area contributed by atoms with Crippen molar-refractivity contribution >= 4 is 5.69 Å². The Labute approximate surface area is 115 Å². The quantitative estimate of drug-likeness (QED) is 0.858. The van der Waals surface area contributed by atoms with Crippen LogP contribution in [-0.2, 0) is 0 Å². The van der Waals surface area contributed by atoms with E-state index in [0.717, 1.165) is 18.5 Å². The van der Waals surface area contributed by atoms with E-state index in [2.05, 4.69) is 44.3 Å². The van der Waals surface area contributed by atoms with Gasteiger partial charge in [0.05, 0.1) is 6.07 Å². The van der Waals surface area contributed by atoms with Crippen molar-refractivity contribution in [2.24, 2.45) is 16.7 Å². The molecule has 2 bridgehead atoms. The summed E-state index contributed by atoms with van der Waals surface area (Å²) in [6, 6.07) is 12.8. The lowest BCUT2D eigenvalue weighted by atomic mass is 9.63. The molecule has 2 fully saturated rings. The van der Waals surface area contributed by atoms with Gasteiger partial charge in [0.2, 0.25) is 0 Å². The summed E-state index contributed by atoms with van der Waals surface area (Å²) in [7, 11) is 0. The molecule has 3 atom stereocenters. The number of nitriles is 1. The lowest BCUT2D eigenvalue weighted by molar-refractivity contribution is 0.118. The number of hydrogen-bond acceptors (Lipinski definition) is 2. The Balaban J connectivity index is 2.01. The topological polar surface area (TPSA) is 35.8 Å². The Bertz CT molecular complexity index is 528. The maximum Gasteiger partial charge on any atom is 0.131 e. The molecule has 0 heterocycles. The van der Waals surface area contributed by atoms with Crippen LogP contribution in [0.4, 0.5) is 5.69 Å². The second-order valence-electron chi connectivity index (χ2n) is 7.00. The number of rotatable bonds is 2. The Morgan fingerprint density at radius 3 is 2.37 bits per heavy atom. The standard InChI is InChI=1S/C17H22N2/c1-15(2)13-9-10-16(15,3)17(11-13,12-18)19-14-7-5-4-6-8-14/h4-8,13,19H,9-11H2,1-3H3/t13-,16-,17+/m0/s1. The molecule has 3 rings (SSSR count). The summed E-state index contributed by atoms with van der Waals surface area (Å²) in [5.41, 5.74) is 0.939. The first-order valence-corrected chi connectivity index (χ1v) is 7.20. The molecule has 0 unspecified atom stereocenters. The van der Waals surface area contributed by atoms with Crippen LogP contribution in [0.2, 0.25) is 0 Å². The maximum atomic E-state index is 9.88. The summed E-state index contributed by atoms with van der Waals surface area (Å²) in [6.07, 6.45) is 3.39. The van der Waals surface area contributed by atoms with Gasteiger partial charge in [0.1, 0.15) is 5.54 Å². The number of anilines is 1. The second kappa shape index (κ2) is 3.76. The second-order valence-corrected chi connectivity index (χ2v) is 7.00. The Hall–Kier alpha value is -1.49. The van der Waals surface area contributed by atoms with Crippen molar-refractivity contribution in [3.8, 4) is 6.07 Å². The lowest BCUT2D eigenvalue weighted by Crippen LogP contribution is -2.51. The Kier molecular flexibility index (Phi) is 2.48. The summed E-state index contributed by atoms with van der Waals surface area (Å²) in [5, 5.41) is 13.5. The van der Waals surface area contributed by atoms with Crippen LogP contribution < -0.4 is 5.32 Å². The molecule has 0 amide bonds. The summed E-state index contributed by atoms with van der Waals surface area (Å²) >= 11 is 0. The molecule has 1 N–H and O–H groups in total. The Morgan fingerprint density at radius 2 is 1.89 bits per heavy atom. The highest BCUT2D eigenvalue weighted by molar-refractivity contribution is 5.51. The predicted molar refractivity (Wildman–Crippen MR) is 77.6 cm³/mol. The molecule has 2 saturated carbocycles. The fourth-order valence-electron chi connectivity index (χ4n) is 4.47. The van der Waals surface area contributed by atoms with Gasteiger partial charge in [-0.25, -0.2) is 0 Å². The van der Waals surface area contributed by atoms with Gasteiger partial charge in [-0.15, -0.1) is 0 Å². The first kappa shape index (κ1) is 12.5. The third-order valence-corrected chi connectivity index (χ3v) is 6.25. The van der Waals surface area contributed by atoms with Crippen molar-refractivity contribution < 1.29 is 0 Å². The SMILES string of the molecule is CC1(C)[C@H]2CC[C@]1(C)[C@@](C#N)(Nc1ccccc1)C2.